The van der Waals surface area contributed by atoms with Crippen molar-refractivity contribution < 1.29 is 9.53 Å². The van der Waals surface area contributed by atoms with Gasteiger partial charge in [0.05, 0.1) is 0 Å². The number of nitrogens with one attached hydrogen (secondary N) is 1. The molecular formula is C13H20N2O2. The van der Waals surface area contributed by atoms with E-state index in [0.29, 0.717) is 12.8 Å². The van der Waals surface area contributed by atoms with Crippen molar-refractivity contribution in [2.45, 2.75) is 57.2 Å². The predicted octanol–water partition coefficient (Wildman–Crippen LogP) is 1.92. The van der Waals surface area contributed by atoms with Crippen molar-refractivity contribution in [1.82, 2.24) is 5.32 Å². The molecule has 0 atom stereocenters. The van der Waals surface area contributed by atoms with E-state index in [4.69, 9.17) is 4.74 Å². The van der Waals surface area contributed by atoms with Gasteiger partial charge in [-0.1, -0.05) is 6.58 Å². The fraction of sp³-hybridized carbons (Fsp3) is 0.692. The van der Waals surface area contributed by atoms with Crippen LogP contribution in [0.2, 0.25) is 0 Å². The molecule has 0 aliphatic carbocycles. The molecule has 0 unspecified atom stereocenters. The van der Waals surface area contributed by atoms with Crippen LogP contribution in [-0.2, 0) is 9.53 Å². The number of nitriles is 1. The minimum atomic E-state index is -1.07. The van der Waals surface area contributed by atoms with Gasteiger partial charge < -0.3 is 10.1 Å². The van der Waals surface area contributed by atoms with E-state index in [1.54, 1.807) is 0 Å². The summed E-state index contributed by atoms with van der Waals surface area (Å²) in [6, 6.07) is 2.16. The lowest BCUT2D eigenvalue weighted by molar-refractivity contribution is -0.155. The molecule has 1 N–H and O–H groups in total. The number of ether oxygens (including phenoxy) is 1. The highest BCUT2D eigenvalue weighted by molar-refractivity contribution is 5.81. The molecular weight excluding hydrogens is 216 g/mol. The van der Waals surface area contributed by atoms with Gasteiger partial charge in [-0.25, -0.2) is 4.79 Å². The number of carbonyl (C=O) groups excluding carboxylic acids is 1. The van der Waals surface area contributed by atoms with Crippen LogP contribution in [0.5, 0.6) is 0 Å². The van der Waals surface area contributed by atoms with Crippen LogP contribution in [0.4, 0.5) is 0 Å². The summed E-state index contributed by atoms with van der Waals surface area (Å²) in [4.78, 5) is 11.4. The fourth-order valence-corrected chi connectivity index (χ4v) is 2.90. The predicted molar refractivity (Wildman–Crippen MR) is 65.2 cm³/mol. The average Bonchev–Trinajstić information content (AvgIpc) is 2.12. The minimum Gasteiger partial charge on any atom is -0.440 e. The van der Waals surface area contributed by atoms with E-state index in [1.807, 2.05) is 27.7 Å². The van der Waals surface area contributed by atoms with Crippen LogP contribution in [0.25, 0.3) is 0 Å². The smallest absolute Gasteiger partial charge is 0.331 e. The van der Waals surface area contributed by atoms with E-state index in [1.165, 1.54) is 0 Å². The number of hydrogen-bond acceptors (Lipinski definition) is 4. The third-order valence-corrected chi connectivity index (χ3v) is 2.80. The van der Waals surface area contributed by atoms with Gasteiger partial charge in [0, 0.05) is 30.0 Å². The molecule has 1 saturated heterocycles. The Kier molecular flexibility index (Phi) is 3.35. The summed E-state index contributed by atoms with van der Waals surface area (Å²) in [6.45, 7) is 11.4. The van der Waals surface area contributed by atoms with Crippen LogP contribution < -0.4 is 5.32 Å². The summed E-state index contributed by atoms with van der Waals surface area (Å²) < 4.78 is 5.29. The molecule has 0 aromatic carbocycles. The van der Waals surface area contributed by atoms with Crippen molar-refractivity contribution in [3.63, 3.8) is 0 Å². The lowest BCUT2D eigenvalue weighted by atomic mass is 9.73. The van der Waals surface area contributed by atoms with Crippen LogP contribution in [0.1, 0.15) is 40.5 Å². The molecule has 17 heavy (non-hydrogen) atoms. The first-order valence-corrected chi connectivity index (χ1v) is 5.70. The maximum Gasteiger partial charge on any atom is 0.331 e. The Morgan fingerprint density at radius 3 is 2.18 bits per heavy atom. The number of rotatable bonds is 2. The zero-order chi connectivity index (χ0) is 13.3. The Bertz CT molecular complexity index is 361. The summed E-state index contributed by atoms with van der Waals surface area (Å²) in [5.74, 6) is -0.542. The molecule has 0 bridgehead atoms. The Morgan fingerprint density at radius 2 is 1.82 bits per heavy atom. The number of piperidine rings is 1. The fourth-order valence-electron chi connectivity index (χ4n) is 2.90. The van der Waals surface area contributed by atoms with Crippen molar-refractivity contribution in [1.29, 1.82) is 5.26 Å². The highest BCUT2D eigenvalue weighted by Crippen LogP contribution is 2.38. The molecule has 4 nitrogen and oxygen atoms in total. The Hall–Kier alpha value is -1.34. The third-order valence-electron chi connectivity index (χ3n) is 2.80. The van der Waals surface area contributed by atoms with Crippen molar-refractivity contribution in [2.24, 2.45) is 0 Å². The van der Waals surface area contributed by atoms with Gasteiger partial charge in [-0.05, 0) is 27.7 Å². The molecule has 4 heteroatoms. The highest BCUT2D eigenvalue weighted by Gasteiger charge is 2.49. The van der Waals surface area contributed by atoms with Gasteiger partial charge in [-0.3, -0.25) is 0 Å². The molecule has 94 valence electrons. The van der Waals surface area contributed by atoms with E-state index in [2.05, 4.69) is 18.0 Å². The lowest BCUT2D eigenvalue weighted by Crippen LogP contribution is -2.64. The van der Waals surface area contributed by atoms with E-state index < -0.39 is 11.6 Å². The normalized spacial score (nSPS) is 24.4. The van der Waals surface area contributed by atoms with Gasteiger partial charge in [0.2, 0.25) is 5.60 Å². The second-order valence-electron chi connectivity index (χ2n) is 5.98. The second kappa shape index (κ2) is 4.15. The molecule has 0 saturated carbocycles. The molecule has 0 spiro atoms. The van der Waals surface area contributed by atoms with E-state index >= 15 is 0 Å². The first-order chi connectivity index (χ1) is 7.64. The van der Waals surface area contributed by atoms with Gasteiger partial charge in [-0.2, -0.15) is 5.26 Å². The highest BCUT2D eigenvalue weighted by atomic mass is 16.6. The van der Waals surface area contributed by atoms with Crippen LogP contribution >= 0.6 is 0 Å². The van der Waals surface area contributed by atoms with Crippen LogP contribution in [-0.4, -0.2) is 22.6 Å². The minimum absolute atomic E-state index is 0.251. The number of nitrogens with zero attached hydrogens (tertiary/aromatic N) is 1. The maximum absolute atomic E-state index is 11.4. The van der Waals surface area contributed by atoms with Crippen LogP contribution in [0.15, 0.2) is 12.7 Å². The van der Waals surface area contributed by atoms with E-state index in [9.17, 15) is 10.1 Å². The molecule has 1 rings (SSSR count). The zero-order valence-electron chi connectivity index (χ0n) is 11.0. The largest absolute Gasteiger partial charge is 0.440 e. The summed E-state index contributed by atoms with van der Waals surface area (Å²) in [6.07, 6.45) is 2.04. The molecule has 1 aliphatic heterocycles. The Labute approximate surface area is 103 Å². The summed E-state index contributed by atoms with van der Waals surface area (Å²) in [5.41, 5.74) is -1.57. The molecule has 1 heterocycles. The monoisotopic (exact) mass is 236 g/mol. The number of esters is 1. The molecule has 0 aromatic rings. The van der Waals surface area contributed by atoms with Gasteiger partial charge in [-0.15, -0.1) is 0 Å². The van der Waals surface area contributed by atoms with Crippen molar-refractivity contribution in [2.75, 3.05) is 0 Å². The zero-order valence-corrected chi connectivity index (χ0v) is 11.0. The second-order valence-corrected chi connectivity index (χ2v) is 5.98. The summed E-state index contributed by atoms with van der Waals surface area (Å²) >= 11 is 0. The average molecular weight is 236 g/mol. The van der Waals surface area contributed by atoms with Crippen LogP contribution in [0.3, 0.4) is 0 Å². The first kappa shape index (κ1) is 13.7. The van der Waals surface area contributed by atoms with Gasteiger partial charge >= 0.3 is 5.97 Å². The Balaban J connectivity index is 3.03. The van der Waals surface area contributed by atoms with Gasteiger partial charge in [0.25, 0.3) is 0 Å². The quantitative estimate of drug-likeness (QED) is 0.587. The SMILES string of the molecule is C=CC(=O)OC1(C#N)CC(C)(C)NC(C)(C)C1. The van der Waals surface area contributed by atoms with Gasteiger partial charge in [0.15, 0.2) is 0 Å². The van der Waals surface area contributed by atoms with Crippen molar-refractivity contribution in [3.05, 3.63) is 12.7 Å². The van der Waals surface area contributed by atoms with E-state index in [0.717, 1.165) is 6.08 Å². The lowest BCUT2D eigenvalue weighted by Gasteiger charge is -2.49. The molecule has 0 radical (unpaired) electrons. The molecule has 0 aromatic heterocycles. The number of hydrogen-bond donors (Lipinski definition) is 1. The van der Waals surface area contributed by atoms with E-state index in [-0.39, 0.29) is 11.1 Å². The summed E-state index contributed by atoms with van der Waals surface area (Å²) in [7, 11) is 0. The van der Waals surface area contributed by atoms with Crippen molar-refractivity contribution in [3.8, 4) is 6.07 Å². The topological polar surface area (TPSA) is 62.1 Å². The molecule has 0 amide bonds. The standard InChI is InChI=1S/C13H20N2O2/c1-6-10(16)17-13(9-14)7-11(2,3)15-12(4,5)8-13/h6,15H,1,7-8H2,2-5H3. The maximum atomic E-state index is 11.4. The van der Waals surface area contributed by atoms with Gasteiger partial charge in [0.1, 0.15) is 6.07 Å². The summed E-state index contributed by atoms with van der Waals surface area (Å²) in [5, 5.41) is 12.8. The van der Waals surface area contributed by atoms with Crippen LogP contribution in [0, 0.1) is 11.3 Å². The van der Waals surface area contributed by atoms with Crippen molar-refractivity contribution >= 4 is 5.97 Å². The third kappa shape index (κ3) is 3.31. The number of carbonyl (C=O) groups is 1. The first-order valence-electron chi connectivity index (χ1n) is 5.70. The molecule has 1 fully saturated rings. The Morgan fingerprint density at radius 1 is 1.35 bits per heavy atom. The molecule has 1 aliphatic rings.